The number of hydrogen-bond donors (Lipinski definition) is 0. The molecule has 2 rings (SSSR count). The first kappa shape index (κ1) is 16.5. The first-order valence-electron chi connectivity index (χ1n) is 7.46. The van der Waals surface area contributed by atoms with Crippen LogP contribution in [0, 0.1) is 0 Å². The second-order valence-corrected chi connectivity index (χ2v) is 5.27. The van der Waals surface area contributed by atoms with E-state index in [0.29, 0.717) is 11.3 Å². The molecule has 0 spiro atoms. The molecule has 2 nitrogen and oxygen atoms in total. The van der Waals surface area contributed by atoms with Gasteiger partial charge in [0.05, 0.1) is 5.71 Å². The van der Waals surface area contributed by atoms with Gasteiger partial charge in [-0.25, -0.2) is 0 Å². The van der Waals surface area contributed by atoms with E-state index < -0.39 is 11.9 Å². The predicted molar refractivity (Wildman–Crippen MR) is 81.8 cm³/mol. The molecule has 0 radical (unpaired) electrons. The Morgan fingerprint density at radius 3 is 2.68 bits per heavy atom. The summed E-state index contributed by atoms with van der Waals surface area (Å²) in [4.78, 5) is 7.85. The molecular weight excluding hydrogens is 289 g/mol. The number of allylic oxidation sites excluding steroid dienone is 3. The highest BCUT2D eigenvalue weighted by molar-refractivity contribution is 6.09. The van der Waals surface area contributed by atoms with E-state index in [1.54, 1.807) is 6.20 Å². The lowest BCUT2D eigenvalue weighted by Gasteiger charge is -2.10. The monoisotopic (exact) mass is 308 g/mol. The largest absolute Gasteiger partial charge is 0.433 e. The molecule has 118 valence electrons. The van der Waals surface area contributed by atoms with E-state index >= 15 is 0 Å². The molecule has 1 aliphatic rings. The quantitative estimate of drug-likeness (QED) is 0.739. The number of rotatable bonds is 4. The number of pyridine rings is 1. The molecule has 0 amide bonds. The van der Waals surface area contributed by atoms with Crippen LogP contribution >= 0.6 is 0 Å². The lowest BCUT2D eigenvalue weighted by molar-refractivity contribution is -0.141. The molecule has 1 aromatic rings. The zero-order valence-corrected chi connectivity index (χ0v) is 12.5. The van der Waals surface area contributed by atoms with Crippen LogP contribution in [0.2, 0.25) is 0 Å². The average molecular weight is 308 g/mol. The zero-order valence-electron chi connectivity index (χ0n) is 12.5. The summed E-state index contributed by atoms with van der Waals surface area (Å²) in [5.74, 6) is 0. The van der Waals surface area contributed by atoms with Gasteiger partial charge in [-0.2, -0.15) is 13.2 Å². The van der Waals surface area contributed by atoms with Crippen LogP contribution in [0.1, 0.15) is 50.3 Å². The van der Waals surface area contributed by atoms with Crippen LogP contribution in [0.25, 0.3) is 0 Å². The standard InChI is InChI=1S/C17H19F3N2/c1-2-3-6-13-7-4-5-10-21-15(11-13)14-8-9-16(22-12-14)17(18,19)20/h5,8-12H,2-4,6-7H2,1H3/b10-5-,13-11-,21-15+. The lowest BCUT2D eigenvalue weighted by Crippen LogP contribution is -2.09. The number of hydrogen-bond acceptors (Lipinski definition) is 2. The van der Waals surface area contributed by atoms with Crippen LogP contribution in [0.15, 0.2) is 47.2 Å². The molecular formula is C17H19F3N2. The molecule has 0 fully saturated rings. The van der Waals surface area contributed by atoms with Gasteiger partial charge >= 0.3 is 6.18 Å². The van der Waals surface area contributed by atoms with Gasteiger partial charge in [0.25, 0.3) is 0 Å². The van der Waals surface area contributed by atoms with Crippen molar-refractivity contribution in [2.24, 2.45) is 4.99 Å². The van der Waals surface area contributed by atoms with Gasteiger partial charge in [-0.05, 0) is 43.9 Å². The van der Waals surface area contributed by atoms with E-state index in [9.17, 15) is 13.2 Å². The summed E-state index contributed by atoms with van der Waals surface area (Å²) >= 11 is 0. The van der Waals surface area contributed by atoms with Gasteiger partial charge in [0.2, 0.25) is 0 Å². The van der Waals surface area contributed by atoms with Crippen molar-refractivity contribution in [1.29, 1.82) is 0 Å². The molecule has 2 heterocycles. The molecule has 1 aromatic heterocycles. The maximum absolute atomic E-state index is 12.6. The van der Waals surface area contributed by atoms with Crippen molar-refractivity contribution < 1.29 is 13.2 Å². The fourth-order valence-corrected chi connectivity index (χ4v) is 2.25. The zero-order chi connectivity index (χ0) is 16.0. The highest BCUT2D eigenvalue weighted by Crippen LogP contribution is 2.27. The Hall–Kier alpha value is -1.91. The van der Waals surface area contributed by atoms with Gasteiger partial charge < -0.3 is 0 Å². The van der Waals surface area contributed by atoms with Crippen LogP contribution in [0.5, 0.6) is 0 Å². The summed E-state index contributed by atoms with van der Waals surface area (Å²) < 4.78 is 37.7. The minimum absolute atomic E-state index is 0.605. The highest BCUT2D eigenvalue weighted by atomic mass is 19.4. The Morgan fingerprint density at radius 1 is 1.23 bits per heavy atom. The van der Waals surface area contributed by atoms with Crippen LogP contribution in [0.3, 0.4) is 0 Å². The Kier molecular flexibility index (Phi) is 5.52. The van der Waals surface area contributed by atoms with Crippen molar-refractivity contribution in [2.45, 2.75) is 45.2 Å². The van der Waals surface area contributed by atoms with Crippen molar-refractivity contribution in [3.8, 4) is 0 Å². The van der Waals surface area contributed by atoms with Gasteiger partial charge in [-0.15, -0.1) is 0 Å². The topological polar surface area (TPSA) is 25.2 Å². The van der Waals surface area contributed by atoms with E-state index in [1.165, 1.54) is 17.8 Å². The summed E-state index contributed by atoms with van der Waals surface area (Å²) in [7, 11) is 0. The Labute approximate surface area is 128 Å². The number of aliphatic imine (C=N–C) groups is 1. The van der Waals surface area contributed by atoms with Crippen LogP contribution in [-0.4, -0.2) is 10.7 Å². The third-order valence-electron chi connectivity index (χ3n) is 3.49. The molecule has 0 saturated carbocycles. The Bertz CT molecular complexity index is 581. The van der Waals surface area contributed by atoms with Crippen molar-refractivity contribution >= 4 is 5.71 Å². The number of unbranched alkanes of at least 4 members (excludes halogenated alkanes) is 1. The number of halogens is 3. The highest BCUT2D eigenvalue weighted by Gasteiger charge is 2.32. The minimum atomic E-state index is -4.41. The predicted octanol–water partition coefficient (Wildman–Crippen LogP) is 5.31. The van der Waals surface area contributed by atoms with Gasteiger partial charge in [0.1, 0.15) is 5.69 Å². The molecule has 0 aromatic carbocycles. The van der Waals surface area contributed by atoms with E-state index in [4.69, 9.17) is 0 Å². The first-order chi connectivity index (χ1) is 10.5. The molecule has 0 N–H and O–H groups in total. The Morgan fingerprint density at radius 2 is 2.05 bits per heavy atom. The molecule has 0 bridgehead atoms. The number of nitrogens with zero attached hydrogens (tertiary/aromatic N) is 2. The molecule has 5 heteroatoms. The molecule has 0 saturated heterocycles. The minimum Gasteiger partial charge on any atom is -0.257 e. The van der Waals surface area contributed by atoms with E-state index in [1.807, 2.05) is 12.2 Å². The van der Waals surface area contributed by atoms with Gasteiger partial charge in [-0.3, -0.25) is 9.98 Å². The van der Waals surface area contributed by atoms with Crippen LogP contribution < -0.4 is 0 Å². The third-order valence-corrected chi connectivity index (χ3v) is 3.49. The maximum atomic E-state index is 12.6. The fourth-order valence-electron chi connectivity index (χ4n) is 2.25. The third kappa shape index (κ3) is 4.55. The molecule has 0 aliphatic carbocycles. The summed E-state index contributed by atoms with van der Waals surface area (Å²) in [6.07, 6.45) is 7.63. The van der Waals surface area contributed by atoms with Crippen molar-refractivity contribution in [3.05, 3.63) is 53.5 Å². The summed E-state index contributed by atoms with van der Waals surface area (Å²) in [5.41, 5.74) is 1.68. The van der Waals surface area contributed by atoms with Gasteiger partial charge in [0, 0.05) is 18.0 Å². The smallest absolute Gasteiger partial charge is 0.257 e. The van der Waals surface area contributed by atoms with Crippen molar-refractivity contribution in [3.63, 3.8) is 0 Å². The summed E-state index contributed by atoms with van der Waals surface area (Å²) in [6.45, 7) is 2.14. The SMILES string of the molecule is CCCC/C1=C/C(c2ccc(C(F)(F)F)nc2)=N\C=C/CC1. The van der Waals surface area contributed by atoms with Crippen molar-refractivity contribution in [2.75, 3.05) is 0 Å². The molecule has 22 heavy (non-hydrogen) atoms. The second kappa shape index (κ2) is 7.38. The number of aromatic nitrogens is 1. The first-order valence-corrected chi connectivity index (χ1v) is 7.46. The average Bonchev–Trinajstić information content (AvgIpc) is 2.45. The van der Waals surface area contributed by atoms with Crippen LogP contribution in [-0.2, 0) is 6.18 Å². The van der Waals surface area contributed by atoms with Crippen molar-refractivity contribution in [1.82, 2.24) is 4.98 Å². The van der Waals surface area contributed by atoms with Gasteiger partial charge in [-0.1, -0.05) is 25.0 Å². The lowest BCUT2D eigenvalue weighted by atomic mass is 9.99. The molecule has 1 aliphatic heterocycles. The summed E-state index contributed by atoms with van der Waals surface area (Å²) in [6, 6.07) is 2.43. The van der Waals surface area contributed by atoms with E-state index in [0.717, 1.165) is 38.2 Å². The second-order valence-electron chi connectivity index (χ2n) is 5.27. The van der Waals surface area contributed by atoms with Gasteiger partial charge in [0.15, 0.2) is 0 Å². The van der Waals surface area contributed by atoms with E-state index in [2.05, 4.69) is 16.9 Å². The number of alkyl halides is 3. The Balaban J connectivity index is 2.27. The fraction of sp³-hybridized carbons (Fsp3) is 0.412. The van der Waals surface area contributed by atoms with E-state index in [-0.39, 0.29) is 0 Å². The maximum Gasteiger partial charge on any atom is 0.433 e. The van der Waals surface area contributed by atoms with Crippen LogP contribution in [0.4, 0.5) is 13.2 Å². The molecule has 0 unspecified atom stereocenters. The molecule has 0 atom stereocenters. The summed E-state index contributed by atoms with van der Waals surface area (Å²) in [5, 5.41) is 0. The normalized spacial score (nSPS) is 22.0.